The summed E-state index contributed by atoms with van der Waals surface area (Å²) in [7, 11) is 0. The van der Waals surface area contributed by atoms with Gasteiger partial charge in [0.25, 0.3) is 5.91 Å². The highest BCUT2D eigenvalue weighted by atomic mass is 16.4. The number of nitrogens with one attached hydrogen (secondary N) is 2. The minimum Gasteiger partial charge on any atom is -0.480 e. The quantitative estimate of drug-likeness (QED) is 0.642. The molecule has 96 valence electrons. The summed E-state index contributed by atoms with van der Waals surface area (Å²) in [6.45, 7) is 1.05. The lowest BCUT2D eigenvalue weighted by atomic mass is 10.2. The summed E-state index contributed by atoms with van der Waals surface area (Å²) in [4.78, 5) is 36.8. The number of carboxylic acids is 1. The van der Waals surface area contributed by atoms with Gasteiger partial charge in [-0.1, -0.05) is 0 Å². The number of hydrogen-bond acceptors (Lipinski definition) is 4. The Balaban J connectivity index is 2.42. The SMILES string of the molecule is Cc1cncc(C(=O)NCC(=O)NCC(=O)O)c1. The molecule has 0 fully saturated rings. The van der Waals surface area contributed by atoms with E-state index in [0.717, 1.165) is 5.56 Å². The van der Waals surface area contributed by atoms with E-state index in [4.69, 9.17) is 5.11 Å². The van der Waals surface area contributed by atoms with Crippen molar-refractivity contribution in [2.75, 3.05) is 13.1 Å². The molecule has 0 saturated heterocycles. The van der Waals surface area contributed by atoms with Crippen molar-refractivity contribution in [2.24, 2.45) is 0 Å². The summed E-state index contributed by atoms with van der Waals surface area (Å²) in [5, 5.41) is 12.8. The molecule has 7 nitrogen and oxygen atoms in total. The number of carbonyl (C=O) groups is 3. The highest BCUT2D eigenvalue weighted by Crippen LogP contribution is 2.00. The van der Waals surface area contributed by atoms with Crippen LogP contribution in [0.25, 0.3) is 0 Å². The number of aromatic nitrogens is 1. The van der Waals surface area contributed by atoms with Crippen LogP contribution < -0.4 is 10.6 Å². The molecule has 1 aromatic rings. The summed E-state index contributed by atoms with van der Waals surface area (Å²) in [5.74, 6) is -2.14. The maximum absolute atomic E-state index is 11.6. The molecule has 0 unspecified atom stereocenters. The van der Waals surface area contributed by atoms with Crippen LogP contribution in [0.5, 0.6) is 0 Å². The third kappa shape index (κ3) is 4.60. The van der Waals surface area contributed by atoms with Crippen LogP contribution in [0.1, 0.15) is 15.9 Å². The number of amides is 2. The Labute approximate surface area is 103 Å². The highest BCUT2D eigenvalue weighted by Gasteiger charge is 2.09. The average molecular weight is 251 g/mol. The molecule has 1 heterocycles. The van der Waals surface area contributed by atoms with Gasteiger partial charge in [0.1, 0.15) is 6.54 Å². The van der Waals surface area contributed by atoms with E-state index in [9.17, 15) is 14.4 Å². The first-order valence-corrected chi connectivity index (χ1v) is 5.17. The zero-order valence-electron chi connectivity index (χ0n) is 9.77. The lowest BCUT2D eigenvalue weighted by molar-refractivity contribution is -0.137. The molecule has 0 aromatic carbocycles. The van der Waals surface area contributed by atoms with Crippen molar-refractivity contribution >= 4 is 17.8 Å². The van der Waals surface area contributed by atoms with Crippen molar-refractivity contribution < 1.29 is 19.5 Å². The van der Waals surface area contributed by atoms with Crippen molar-refractivity contribution in [3.05, 3.63) is 29.6 Å². The maximum Gasteiger partial charge on any atom is 0.322 e. The number of aliphatic carboxylic acids is 1. The monoisotopic (exact) mass is 251 g/mol. The van der Waals surface area contributed by atoms with Crippen molar-refractivity contribution in [1.29, 1.82) is 0 Å². The highest BCUT2D eigenvalue weighted by molar-refractivity contribution is 5.96. The smallest absolute Gasteiger partial charge is 0.322 e. The van der Waals surface area contributed by atoms with Gasteiger partial charge in [0.2, 0.25) is 5.91 Å². The summed E-state index contributed by atoms with van der Waals surface area (Å²) in [5.41, 5.74) is 1.18. The molecule has 0 bridgehead atoms. The maximum atomic E-state index is 11.6. The van der Waals surface area contributed by atoms with Gasteiger partial charge in [-0.25, -0.2) is 0 Å². The van der Waals surface area contributed by atoms with Gasteiger partial charge in [0.15, 0.2) is 0 Å². The van der Waals surface area contributed by atoms with Crippen LogP contribution in [-0.4, -0.2) is 41.0 Å². The van der Waals surface area contributed by atoms with Crippen LogP contribution in [0.3, 0.4) is 0 Å². The van der Waals surface area contributed by atoms with Gasteiger partial charge in [0, 0.05) is 12.4 Å². The van der Waals surface area contributed by atoms with Gasteiger partial charge in [-0.2, -0.15) is 0 Å². The van der Waals surface area contributed by atoms with Crippen molar-refractivity contribution in [1.82, 2.24) is 15.6 Å². The zero-order chi connectivity index (χ0) is 13.5. The molecule has 0 aliphatic carbocycles. The zero-order valence-corrected chi connectivity index (χ0v) is 9.77. The van der Waals surface area contributed by atoms with Gasteiger partial charge in [0.05, 0.1) is 12.1 Å². The third-order valence-corrected chi connectivity index (χ3v) is 1.98. The molecule has 1 rings (SSSR count). The number of pyridine rings is 1. The molecular weight excluding hydrogens is 238 g/mol. The first kappa shape index (κ1) is 13.6. The fraction of sp³-hybridized carbons (Fsp3) is 0.273. The van der Waals surface area contributed by atoms with Crippen LogP contribution in [0.2, 0.25) is 0 Å². The lowest BCUT2D eigenvalue weighted by Gasteiger charge is -2.05. The van der Waals surface area contributed by atoms with Gasteiger partial charge >= 0.3 is 5.97 Å². The molecule has 0 aliphatic rings. The minimum absolute atomic E-state index is 0.278. The number of aryl methyl sites for hydroxylation is 1. The Bertz CT molecular complexity index is 473. The Morgan fingerprint density at radius 1 is 1.22 bits per heavy atom. The topological polar surface area (TPSA) is 108 Å². The van der Waals surface area contributed by atoms with Crippen LogP contribution in [0.4, 0.5) is 0 Å². The van der Waals surface area contributed by atoms with E-state index in [-0.39, 0.29) is 6.54 Å². The fourth-order valence-electron chi connectivity index (χ4n) is 1.18. The lowest BCUT2D eigenvalue weighted by Crippen LogP contribution is -2.39. The molecule has 3 N–H and O–H groups in total. The van der Waals surface area contributed by atoms with E-state index < -0.39 is 24.3 Å². The fourth-order valence-corrected chi connectivity index (χ4v) is 1.18. The average Bonchev–Trinajstić information content (AvgIpc) is 2.33. The van der Waals surface area contributed by atoms with Crippen LogP contribution in [0, 0.1) is 6.92 Å². The molecule has 0 saturated carbocycles. The minimum atomic E-state index is -1.14. The van der Waals surface area contributed by atoms with Crippen molar-refractivity contribution in [3.8, 4) is 0 Å². The predicted molar refractivity (Wildman–Crippen MR) is 62.0 cm³/mol. The third-order valence-electron chi connectivity index (χ3n) is 1.98. The molecule has 0 spiro atoms. The Kier molecular flexibility index (Phi) is 4.79. The Morgan fingerprint density at radius 2 is 1.94 bits per heavy atom. The van der Waals surface area contributed by atoms with E-state index >= 15 is 0 Å². The Morgan fingerprint density at radius 3 is 2.56 bits per heavy atom. The van der Waals surface area contributed by atoms with Gasteiger partial charge in [-0.3, -0.25) is 19.4 Å². The summed E-state index contributed by atoms with van der Waals surface area (Å²) in [6, 6.07) is 1.64. The molecule has 2 amide bonds. The van der Waals surface area contributed by atoms with Gasteiger partial charge in [-0.05, 0) is 18.6 Å². The second-order valence-corrected chi connectivity index (χ2v) is 3.60. The van der Waals surface area contributed by atoms with Crippen LogP contribution in [-0.2, 0) is 9.59 Å². The molecule has 0 radical (unpaired) electrons. The number of rotatable bonds is 5. The number of hydrogen-bond donors (Lipinski definition) is 3. The summed E-state index contributed by atoms with van der Waals surface area (Å²) < 4.78 is 0. The van der Waals surface area contributed by atoms with E-state index in [1.54, 1.807) is 19.2 Å². The van der Waals surface area contributed by atoms with Crippen LogP contribution >= 0.6 is 0 Å². The molecule has 7 heteroatoms. The molecule has 18 heavy (non-hydrogen) atoms. The van der Waals surface area contributed by atoms with E-state index in [0.29, 0.717) is 5.56 Å². The molecule has 1 aromatic heterocycles. The molecule has 0 aliphatic heterocycles. The van der Waals surface area contributed by atoms with Gasteiger partial charge in [-0.15, -0.1) is 0 Å². The van der Waals surface area contributed by atoms with Gasteiger partial charge < -0.3 is 15.7 Å². The number of nitrogens with zero attached hydrogens (tertiary/aromatic N) is 1. The second kappa shape index (κ2) is 6.33. The number of carbonyl (C=O) groups excluding carboxylic acids is 2. The molecule has 0 atom stereocenters. The van der Waals surface area contributed by atoms with E-state index in [1.165, 1.54) is 6.20 Å². The normalized spacial score (nSPS) is 9.61. The predicted octanol–water partition coefficient (Wildman–Crippen LogP) is -0.679. The first-order chi connectivity index (χ1) is 8.49. The van der Waals surface area contributed by atoms with E-state index in [1.807, 2.05) is 0 Å². The second-order valence-electron chi connectivity index (χ2n) is 3.60. The van der Waals surface area contributed by atoms with E-state index in [2.05, 4.69) is 15.6 Å². The van der Waals surface area contributed by atoms with Crippen LogP contribution in [0.15, 0.2) is 18.5 Å². The van der Waals surface area contributed by atoms with Crippen molar-refractivity contribution in [3.63, 3.8) is 0 Å². The Hall–Kier alpha value is -2.44. The largest absolute Gasteiger partial charge is 0.480 e. The standard InChI is InChI=1S/C11H13N3O4/c1-7-2-8(4-12-3-7)11(18)14-5-9(15)13-6-10(16)17/h2-4H,5-6H2,1H3,(H,13,15)(H,14,18)(H,16,17). The first-order valence-electron chi connectivity index (χ1n) is 5.17. The van der Waals surface area contributed by atoms with Crippen molar-refractivity contribution in [2.45, 2.75) is 6.92 Å². The summed E-state index contributed by atoms with van der Waals surface area (Å²) >= 11 is 0. The summed E-state index contributed by atoms with van der Waals surface area (Å²) in [6.07, 6.45) is 2.99. The molecular formula is C11H13N3O4. The number of carboxylic acid groups (broad SMARTS) is 1.